The van der Waals surface area contributed by atoms with Gasteiger partial charge in [0, 0.05) is 10.7 Å². The van der Waals surface area contributed by atoms with E-state index < -0.39 is 11.9 Å². The van der Waals surface area contributed by atoms with Crippen LogP contribution < -0.4 is 10.6 Å². The van der Waals surface area contributed by atoms with Crippen molar-refractivity contribution in [3.05, 3.63) is 67.7 Å². The van der Waals surface area contributed by atoms with Crippen molar-refractivity contribution in [3.63, 3.8) is 0 Å². The average molecular weight is 449 g/mol. The van der Waals surface area contributed by atoms with Crippen LogP contribution in [-0.2, 0) is 4.74 Å². The monoisotopic (exact) mass is 448 g/mol. The van der Waals surface area contributed by atoms with E-state index in [2.05, 4.69) is 10.6 Å². The zero-order valence-electron chi connectivity index (χ0n) is 15.6. The molecule has 6 nitrogen and oxygen atoms in total. The lowest BCUT2D eigenvalue weighted by atomic mass is 10.1. The molecule has 0 aliphatic carbocycles. The molecule has 0 bridgehead atoms. The van der Waals surface area contributed by atoms with Crippen LogP contribution in [0.3, 0.4) is 0 Å². The number of nitrogens with one attached hydrogen (secondary N) is 2. The van der Waals surface area contributed by atoms with Gasteiger partial charge in [-0.3, -0.25) is 9.59 Å². The van der Waals surface area contributed by atoms with Crippen LogP contribution in [-0.4, -0.2) is 24.4 Å². The quantitative estimate of drug-likeness (QED) is 0.491. The first-order valence-corrected chi connectivity index (χ1v) is 10.7. The second-order valence-electron chi connectivity index (χ2n) is 5.87. The van der Waals surface area contributed by atoms with Crippen molar-refractivity contribution in [1.29, 1.82) is 0 Å². The number of amides is 2. The van der Waals surface area contributed by atoms with Gasteiger partial charge < -0.3 is 15.4 Å². The minimum atomic E-state index is -0.590. The third-order valence-electron chi connectivity index (χ3n) is 3.91. The Morgan fingerprint density at radius 3 is 2.41 bits per heavy atom. The van der Waals surface area contributed by atoms with E-state index in [9.17, 15) is 14.4 Å². The Kier molecular flexibility index (Phi) is 6.68. The van der Waals surface area contributed by atoms with E-state index in [4.69, 9.17) is 16.3 Å². The summed E-state index contributed by atoms with van der Waals surface area (Å²) in [6.07, 6.45) is 0. The minimum Gasteiger partial charge on any atom is -0.462 e. The molecule has 150 valence electrons. The SMILES string of the molecule is CCOC(=O)c1c(NC(=O)c2cccs2)sc(C(=O)Nc2ccc(Cl)cc2)c1C. The smallest absolute Gasteiger partial charge is 0.341 e. The molecular formula is C20H17ClN2O4S2. The molecule has 0 aliphatic heterocycles. The fourth-order valence-electron chi connectivity index (χ4n) is 2.56. The number of anilines is 2. The summed E-state index contributed by atoms with van der Waals surface area (Å²) in [4.78, 5) is 38.5. The van der Waals surface area contributed by atoms with Crippen LogP contribution in [0.15, 0.2) is 41.8 Å². The molecule has 0 atom stereocenters. The van der Waals surface area contributed by atoms with E-state index in [1.165, 1.54) is 11.3 Å². The summed E-state index contributed by atoms with van der Waals surface area (Å²) in [6.45, 7) is 3.52. The number of thiophene rings is 2. The Labute approximate surface area is 180 Å². The predicted molar refractivity (Wildman–Crippen MR) is 117 cm³/mol. The Morgan fingerprint density at radius 1 is 1.07 bits per heavy atom. The summed E-state index contributed by atoms with van der Waals surface area (Å²) < 4.78 is 5.12. The topological polar surface area (TPSA) is 84.5 Å². The van der Waals surface area contributed by atoms with Gasteiger partial charge in [-0.15, -0.1) is 22.7 Å². The van der Waals surface area contributed by atoms with Gasteiger partial charge in [0.05, 0.1) is 21.9 Å². The third-order valence-corrected chi connectivity index (χ3v) is 6.23. The molecule has 0 radical (unpaired) electrons. The molecular weight excluding hydrogens is 432 g/mol. The van der Waals surface area contributed by atoms with E-state index in [0.29, 0.717) is 26.0 Å². The second-order valence-corrected chi connectivity index (χ2v) is 8.28. The molecule has 0 spiro atoms. The van der Waals surface area contributed by atoms with Crippen LogP contribution in [0, 0.1) is 6.92 Å². The maximum absolute atomic E-state index is 12.8. The Morgan fingerprint density at radius 2 is 1.79 bits per heavy atom. The van der Waals surface area contributed by atoms with Gasteiger partial charge in [-0.2, -0.15) is 0 Å². The molecule has 9 heteroatoms. The first-order chi connectivity index (χ1) is 13.9. The zero-order chi connectivity index (χ0) is 21.0. The number of carbonyl (C=O) groups excluding carboxylic acids is 3. The van der Waals surface area contributed by atoms with E-state index in [1.807, 2.05) is 0 Å². The maximum Gasteiger partial charge on any atom is 0.341 e. The Bertz CT molecular complexity index is 1040. The molecule has 0 unspecified atom stereocenters. The van der Waals surface area contributed by atoms with E-state index in [1.54, 1.807) is 55.6 Å². The molecule has 0 saturated heterocycles. The van der Waals surface area contributed by atoms with Crippen molar-refractivity contribution in [3.8, 4) is 0 Å². The molecule has 2 amide bonds. The summed E-state index contributed by atoms with van der Waals surface area (Å²) in [5, 5.41) is 8.12. The number of halogens is 1. The summed E-state index contributed by atoms with van der Waals surface area (Å²) in [7, 11) is 0. The summed E-state index contributed by atoms with van der Waals surface area (Å²) in [6, 6.07) is 10.1. The highest BCUT2D eigenvalue weighted by molar-refractivity contribution is 7.19. The molecule has 0 saturated carbocycles. The van der Waals surface area contributed by atoms with Crippen LogP contribution in [0.25, 0.3) is 0 Å². The van der Waals surface area contributed by atoms with Gasteiger partial charge in [0.1, 0.15) is 5.00 Å². The van der Waals surface area contributed by atoms with Crippen LogP contribution in [0.5, 0.6) is 0 Å². The van der Waals surface area contributed by atoms with Gasteiger partial charge in [0.15, 0.2) is 0 Å². The van der Waals surface area contributed by atoms with Gasteiger partial charge in [-0.1, -0.05) is 17.7 Å². The zero-order valence-corrected chi connectivity index (χ0v) is 18.0. The van der Waals surface area contributed by atoms with Gasteiger partial charge in [0.2, 0.25) is 0 Å². The molecule has 29 heavy (non-hydrogen) atoms. The third kappa shape index (κ3) is 4.84. The van der Waals surface area contributed by atoms with E-state index in [-0.39, 0.29) is 23.1 Å². The summed E-state index contributed by atoms with van der Waals surface area (Å²) >= 11 is 8.18. The normalized spacial score (nSPS) is 10.4. The van der Waals surface area contributed by atoms with Crippen LogP contribution in [0.2, 0.25) is 5.02 Å². The predicted octanol–water partition coefficient (Wildman–Crippen LogP) is 5.45. The number of ether oxygens (including phenoxy) is 1. The van der Waals surface area contributed by atoms with Crippen LogP contribution in [0.1, 0.15) is 42.2 Å². The fraction of sp³-hybridized carbons (Fsp3) is 0.150. The maximum atomic E-state index is 12.8. The molecule has 0 aliphatic rings. The number of rotatable bonds is 6. The minimum absolute atomic E-state index is 0.179. The lowest BCUT2D eigenvalue weighted by molar-refractivity contribution is 0.0527. The van der Waals surface area contributed by atoms with Gasteiger partial charge in [-0.25, -0.2) is 4.79 Å². The Balaban J connectivity index is 1.92. The average Bonchev–Trinajstić information content (AvgIpc) is 3.32. The number of benzene rings is 1. The lowest BCUT2D eigenvalue weighted by Crippen LogP contribution is -2.14. The first kappa shape index (κ1) is 21.0. The lowest BCUT2D eigenvalue weighted by Gasteiger charge is -2.06. The Hall–Kier alpha value is -2.68. The number of hydrogen-bond donors (Lipinski definition) is 2. The van der Waals surface area contributed by atoms with Gasteiger partial charge in [0.25, 0.3) is 11.8 Å². The van der Waals surface area contributed by atoms with E-state index >= 15 is 0 Å². The van der Waals surface area contributed by atoms with Crippen molar-refractivity contribution >= 4 is 62.7 Å². The van der Waals surface area contributed by atoms with Gasteiger partial charge >= 0.3 is 5.97 Å². The van der Waals surface area contributed by atoms with Crippen molar-refractivity contribution in [2.45, 2.75) is 13.8 Å². The highest BCUT2D eigenvalue weighted by Gasteiger charge is 2.27. The molecule has 1 aromatic carbocycles. The largest absolute Gasteiger partial charge is 0.462 e. The van der Waals surface area contributed by atoms with Crippen molar-refractivity contribution in [2.75, 3.05) is 17.2 Å². The van der Waals surface area contributed by atoms with Crippen molar-refractivity contribution in [2.24, 2.45) is 0 Å². The highest BCUT2D eigenvalue weighted by Crippen LogP contribution is 2.35. The van der Waals surface area contributed by atoms with E-state index in [0.717, 1.165) is 11.3 Å². The van der Waals surface area contributed by atoms with Gasteiger partial charge in [-0.05, 0) is 55.1 Å². The van der Waals surface area contributed by atoms with Crippen molar-refractivity contribution < 1.29 is 19.1 Å². The number of esters is 1. The standard InChI is InChI=1S/C20H17ClN2O4S2/c1-3-27-20(26)15-11(2)16(18(25)22-13-8-6-12(21)7-9-13)29-19(15)23-17(24)14-5-4-10-28-14/h4-10H,3H2,1-2H3,(H,22,25)(H,23,24). The first-order valence-electron chi connectivity index (χ1n) is 8.63. The molecule has 3 aromatic rings. The highest BCUT2D eigenvalue weighted by atomic mass is 35.5. The van der Waals surface area contributed by atoms with Crippen molar-refractivity contribution in [1.82, 2.24) is 0 Å². The molecule has 2 aromatic heterocycles. The summed E-state index contributed by atoms with van der Waals surface area (Å²) in [5.41, 5.74) is 1.19. The number of carbonyl (C=O) groups is 3. The molecule has 0 fully saturated rings. The summed E-state index contributed by atoms with van der Waals surface area (Å²) in [5.74, 6) is -1.33. The van der Waals surface area contributed by atoms with Crippen LogP contribution in [0.4, 0.5) is 10.7 Å². The number of hydrogen-bond acceptors (Lipinski definition) is 6. The molecule has 2 heterocycles. The molecule has 3 rings (SSSR count). The molecule has 2 N–H and O–H groups in total. The second kappa shape index (κ2) is 9.21. The fourth-order valence-corrected chi connectivity index (χ4v) is 4.39. The van der Waals surface area contributed by atoms with Crippen LogP contribution >= 0.6 is 34.3 Å².